The number of imidazole rings is 1. The molecule has 8 heteroatoms. The first-order valence-corrected chi connectivity index (χ1v) is 5.81. The average Bonchev–Trinajstić information content (AvgIpc) is 2.77. The largest absolute Gasteiger partial charge is 0.416 e. The van der Waals surface area contributed by atoms with Crippen molar-refractivity contribution < 1.29 is 18.0 Å². The SMILES string of the molecule is Cn1cncc1C(=O)Nc1cc(C(F)(F)F)ccc1Cl. The monoisotopic (exact) mass is 303 g/mol. The van der Waals surface area contributed by atoms with Crippen LogP contribution < -0.4 is 5.32 Å². The molecule has 0 radical (unpaired) electrons. The Labute approximate surface area is 117 Å². The van der Waals surface area contributed by atoms with Crippen LogP contribution in [0, 0.1) is 0 Å². The van der Waals surface area contributed by atoms with Crippen LogP contribution in [0.2, 0.25) is 5.02 Å². The number of amides is 1. The molecule has 2 rings (SSSR count). The second kappa shape index (κ2) is 5.16. The van der Waals surface area contributed by atoms with Crippen molar-refractivity contribution in [3.63, 3.8) is 0 Å². The third kappa shape index (κ3) is 2.93. The minimum Gasteiger partial charge on any atom is -0.330 e. The number of hydrogen-bond donors (Lipinski definition) is 1. The first kappa shape index (κ1) is 14.4. The molecule has 4 nitrogen and oxygen atoms in total. The molecule has 0 saturated heterocycles. The summed E-state index contributed by atoms with van der Waals surface area (Å²) in [5.74, 6) is -0.591. The first-order valence-electron chi connectivity index (χ1n) is 5.43. The summed E-state index contributed by atoms with van der Waals surface area (Å²) in [5.41, 5.74) is -0.784. The molecule has 0 unspecified atom stereocenters. The Hall–Kier alpha value is -2.02. The molecule has 0 aliphatic rings. The zero-order valence-electron chi connectivity index (χ0n) is 10.2. The highest BCUT2D eigenvalue weighted by Gasteiger charge is 2.31. The molecule has 1 aromatic heterocycles. The van der Waals surface area contributed by atoms with Gasteiger partial charge in [0.05, 0.1) is 28.8 Å². The number of alkyl halides is 3. The van der Waals surface area contributed by atoms with Gasteiger partial charge in [-0.05, 0) is 18.2 Å². The van der Waals surface area contributed by atoms with Crippen LogP contribution in [0.15, 0.2) is 30.7 Å². The van der Waals surface area contributed by atoms with Crippen molar-refractivity contribution in [2.24, 2.45) is 7.05 Å². The number of nitrogens with zero attached hydrogens (tertiary/aromatic N) is 2. The Morgan fingerprint density at radius 2 is 2.10 bits per heavy atom. The summed E-state index contributed by atoms with van der Waals surface area (Å²) in [5, 5.41) is 2.36. The van der Waals surface area contributed by atoms with Crippen molar-refractivity contribution in [1.82, 2.24) is 9.55 Å². The van der Waals surface area contributed by atoms with Crippen LogP contribution in [0.25, 0.3) is 0 Å². The number of benzene rings is 1. The fraction of sp³-hybridized carbons (Fsp3) is 0.167. The summed E-state index contributed by atoms with van der Waals surface area (Å²) in [6.07, 6.45) is -1.80. The normalized spacial score (nSPS) is 11.4. The van der Waals surface area contributed by atoms with Crippen LogP contribution in [0.1, 0.15) is 16.1 Å². The number of carbonyl (C=O) groups is 1. The van der Waals surface area contributed by atoms with E-state index in [1.54, 1.807) is 7.05 Å². The molecular weight excluding hydrogens is 295 g/mol. The molecule has 0 fully saturated rings. The number of aryl methyl sites for hydroxylation is 1. The smallest absolute Gasteiger partial charge is 0.330 e. The fourth-order valence-corrected chi connectivity index (χ4v) is 1.72. The van der Waals surface area contributed by atoms with E-state index in [1.165, 1.54) is 17.1 Å². The number of nitrogens with one attached hydrogen (secondary N) is 1. The minimum atomic E-state index is -4.50. The summed E-state index contributed by atoms with van der Waals surface area (Å²) >= 11 is 5.79. The number of rotatable bonds is 2. The number of halogens is 4. The van der Waals surface area contributed by atoms with E-state index in [4.69, 9.17) is 11.6 Å². The van der Waals surface area contributed by atoms with E-state index in [2.05, 4.69) is 10.3 Å². The number of anilines is 1. The van der Waals surface area contributed by atoms with Crippen LogP contribution in [-0.2, 0) is 13.2 Å². The van der Waals surface area contributed by atoms with Crippen molar-refractivity contribution in [3.8, 4) is 0 Å². The van der Waals surface area contributed by atoms with Crippen LogP contribution in [0.4, 0.5) is 18.9 Å². The lowest BCUT2D eigenvalue weighted by Crippen LogP contribution is -2.16. The lowest BCUT2D eigenvalue weighted by Gasteiger charge is -2.11. The van der Waals surface area contributed by atoms with Crippen molar-refractivity contribution in [3.05, 3.63) is 47.0 Å². The van der Waals surface area contributed by atoms with E-state index in [9.17, 15) is 18.0 Å². The predicted octanol–water partition coefficient (Wildman–Crippen LogP) is 3.34. The van der Waals surface area contributed by atoms with Crippen molar-refractivity contribution >= 4 is 23.2 Å². The molecule has 1 N–H and O–H groups in total. The second-order valence-corrected chi connectivity index (χ2v) is 4.44. The van der Waals surface area contributed by atoms with Gasteiger partial charge in [-0.3, -0.25) is 4.79 Å². The highest BCUT2D eigenvalue weighted by atomic mass is 35.5. The van der Waals surface area contributed by atoms with E-state index in [0.29, 0.717) is 0 Å². The molecule has 2 aromatic rings. The lowest BCUT2D eigenvalue weighted by atomic mass is 10.2. The molecule has 0 bridgehead atoms. The highest BCUT2D eigenvalue weighted by molar-refractivity contribution is 6.33. The molecule has 0 atom stereocenters. The topological polar surface area (TPSA) is 46.9 Å². The quantitative estimate of drug-likeness (QED) is 0.925. The third-order valence-electron chi connectivity index (χ3n) is 2.59. The molecule has 0 aliphatic heterocycles. The van der Waals surface area contributed by atoms with Gasteiger partial charge in [-0.1, -0.05) is 11.6 Å². The molecule has 20 heavy (non-hydrogen) atoms. The second-order valence-electron chi connectivity index (χ2n) is 4.04. The molecule has 0 aliphatic carbocycles. The van der Waals surface area contributed by atoms with Gasteiger partial charge < -0.3 is 9.88 Å². The van der Waals surface area contributed by atoms with Gasteiger partial charge in [0, 0.05) is 7.05 Å². The highest BCUT2D eigenvalue weighted by Crippen LogP contribution is 2.33. The Balaban J connectivity index is 2.30. The number of aromatic nitrogens is 2. The molecule has 1 amide bonds. The van der Waals surface area contributed by atoms with Crippen LogP contribution in [-0.4, -0.2) is 15.5 Å². The fourth-order valence-electron chi connectivity index (χ4n) is 1.56. The molecule has 0 saturated carbocycles. The maximum Gasteiger partial charge on any atom is 0.416 e. The zero-order chi connectivity index (χ0) is 14.9. The summed E-state index contributed by atoms with van der Waals surface area (Å²) in [6, 6.07) is 2.72. The standard InChI is InChI=1S/C12H9ClF3N3O/c1-19-6-17-5-10(19)11(20)18-9-4-7(12(14,15)16)2-3-8(9)13/h2-6H,1H3,(H,18,20). The number of hydrogen-bond acceptors (Lipinski definition) is 2. The van der Waals surface area contributed by atoms with Crippen molar-refractivity contribution in [2.45, 2.75) is 6.18 Å². The van der Waals surface area contributed by atoms with E-state index in [1.807, 2.05) is 0 Å². The van der Waals surface area contributed by atoms with E-state index < -0.39 is 17.6 Å². The minimum absolute atomic E-state index is 0.0218. The van der Waals surface area contributed by atoms with Gasteiger partial charge in [0.1, 0.15) is 5.69 Å². The van der Waals surface area contributed by atoms with Crippen LogP contribution in [0.3, 0.4) is 0 Å². The molecular formula is C12H9ClF3N3O. The van der Waals surface area contributed by atoms with Gasteiger partial charge in [-0.2, -0.15) is 13.2 Å². The maximum absolute atomic E-state index is 12.6. The Kier molecular flexibility index (Phi) is 3.71. The van der Waals surface area contributed by atoms with Gasteiger partial charge in [0.25, 0.3) is 5.91 Å². The zero-order valence-corrected chi connectivity index (χ0v) is 11.0. The Morgan fingerprint density at radius 1 is 1.40 bits per heavy atom. The van der Waals surface area contributed by atoms with Crippen LogP contribution in [0.5, 0.6) is 0 Å². The Bertz CT molecular complexity index is 652. The molecule has 106 valence electrons. The summed E-state index contributed by atoms with van der Waals surface area (Å²) in [7, 11) is 1.59. The van der Waals surface area contributed by atoms with Gasteiger partial charge in [-0.25, -0.2) is 4.98 Å². The van der Waals surface area contributed by atoms with Crippen molar-refractivity contribution in [1.29, 1.82) is 0 Å². The van der Waals surface area contributed by atoms with Gasteiger partial charge in [0.15, 0.2) is 0 Å². The first-order chi connectivity index (χ1) is 9.29. The van der Waals surface area contributed by atoms with Crippen molar-refractivity contribution in [2.75, 3.05) is 5.32 Å². The maximum atomic E-state index is 12.6. The molecule has 1 aromatic carbocycles. The summed E-state index contributed by atoms with van der Waals surface area (Å²) in [6.45, 7) is 0. The summed E-state index contributed by atoms with van der Waals surface area (Å²) < 4.78 is 39.3. The lowest BCUT2D eigenvalue weighted by molar-refractivity contribution is -0.137. The summed E-state index contributed by atoms with van der Waals surface area (Å²) in [4.78, 5) is 15.7. The van der Waals surface area contributed by atoms with Gasteiger partial charge >= 0.3 is 6.18 Å². The number of carbonyl (C=O) groups excluding carboxylic acids is 1. The Morgan fingerprint density at radius 3 is 2.65 bits per heavy atom. The van der Waals surface area contributed by atoms with E-state index in [0.717, 1.165) is 18.2 Å². The van der Waals surface area contributed by atoms with Crippen LogP contribution >= 0.6 is 11.6 Å². The van der Waals surface area contributed by atoms with Gasteiger partial charge in [-0.15, -0.1) is 0 Å². The average molecular weight is 304 g/mol. The third-order valence-corrected chi connectivity index (χ3v) is 2.92. The van der Waals surface area contributed by atoms with E-state index >= 15 is 0 Å². The molecule has 1 heterocycles. The van der Waals surface area contributed by atoms with E-state index in [-0.39, 0.29) is 16.4 Å². The van der Waals surface area contributed by atoms with Gasteiger partial charge in [0.2, 0.25) is 0 Å². The predicted molar refractivity (Wildman–Crippen MR) is 67.6 cm³/mol. The molecule has 0 spiro atoms.